The molecule has 2 amide bonds. The Bertz CT molecular complexity index is 1960. The Morgan fingerprint density at radius 2 is 1.53 bits per heavy atom. The molecule has 188 valence electrons. The maximum atomic E-state index is 13.3. The van der Waals surface area contributed by atoms with E-state index in [9.17, 15) is 14.4 Å². The number of nitrogens with one attached hydrogen (secondary N) is 2. The lowest BCUT2D eigenvalue weighted by molar-refractivity contribution is -0.136. The van der Waals surface area contributed by atoms with Crippen LogP contribution in [0.25, 0.3) is 43.6 Å². The van der Waals surface area contributed by atoms with Gasteiger partial charge in [0, 0.05) is 50.9 Å². The van der Waals surface area contributed by atoms with Crippen molar-refractivity contribution < 1.29 is 19.1 Å². The van der Waals surface area contributed by atoms with Crippen LogP contribution in [0.15, 0.2) is 60.4 Å². The number of hydrogen-bond donors (Lipinski definition) is 3. The highest BCUT2D eigenvalue weighted by Crippen LogP contribution is 2.53. The molecule has 9 heteroatoms. The number of methoxy groups -OCH3 is 1. The summed E-state index contributed by atoms with van der Waals surface area (Å²) in [4.78, 5) is 38.5. The normalized spacial score (nSPS) is 22.0. The summed E-state index contributed by atoms with van der Waals surface area (Å²) in [6, 6.07) is 16.3. The molecule has 1 aliphatic carbocycles. The Labute approximate surface area is 215 Å². The second-order valence-electron chi connectivity index (χ2n) is 10.3. The van der Waals surface area contributed by atoms with E-state index in [2.05, 4.69) is 31.9 Å². The molecular weight excluding hydrogens is 482 g/mol. The number of fused-ring (bicyclic) bond motifs is 13. The molecule has 38 heavy (non-hydrogen) atoms. The molecule has 0 saturated heterocycles. The second-order valence-corrected chi connectivity index (χ2v) is 10.3. The fourth-order valence-electron chi connectivity index (χ4n) is 7.19. The third-order valence-electron chi connectivity index (χ3n) is 8.55. The molecule has 2 aromatic heterocycles. The molecular formula is C29H23N5O4. The van der Waals surface area contributed by atoms with E-state index in [1.165, 1.54) is 13.3 Å². The Kier molecular flexibility index (Phi) is 4.01. The van der Waals surface area contributed by atoms with Crippen LogP contribution in [-0.4, -0.2) is 40.1 Å². The molecule has 2 bridgehead atoms. The lowest BCUT2D eigenvalue weighted by Crippen LogP contribution is -2.32. The molecule has 3 atom stereocenters. The number of carbonyl (C=O) groups is 3. The molecule has 2 aliphatic heterocycles. The van der Waals surface area contributed by atoms with Gasteiger partial charge in [-0.15, -0.1) is 0 Å². The molecule has 0 spiro atoms. The number of carbonyl (C=O) groups excluding carboxylic acids is 3. The van der Waals surface area contributed by atoms with Gasteiger partial charge in [-0.2, -0.15) is 0 Å². The third-order valence-corrected chi connectivity index (χ3v) is 8.55. The van der Waals surface area contributed by atoms with Gasteiger partial charge in [-0.25, -0.2) is 4.79 Å². The zero-order valence-corrected chi connectivity index (χ0v) is 20.4. The summed E-state index contributed by atoms with van der Waals surface area (Å²) in [6.07, 6.45) is 3.17. The van der Waals surface area contributed by atoms with E-state index in [1.807, 2.05) is 36.4 Å². The first-order valence-corrected chi connectivity index (χ1v) is 12.7. The number of aromatic nitrogens is 2. The van der Waals surface area contributed by atoms with Gasteiger partial charge in [0.1, 0.15) is 5.70 Å². The van der Waals surface area contributed by atoms with Crippen LogP contribution in [-0.2, 0) is 9.53 Å². The lowest BCUT2D eigenvalue weighted by Gasteiger charge is -2.25. The van der Waals surface area contributed by atoms with Gasteiger partial charge in [-0.1, -0.05) is 36.4 Å². The van der Waals surface area contributed by atoms with Crippen molar-refractivity contribution >= 4 is 61.4 Å². The molecule has 1 fully saturated rings. The van der Waals surface area contributed by atoms with Crippen molar-refractivity contribution in [3.8, 4) is 0 Å². The number of hydrogen-bond acceptors (Lipinski definition) is 6. The molecule has 3 aliphatic rings. The van der Waals surface area contributed by atoms with E-state index >= 15 is 0 Å². The minimum Gasteiger partial charge on any atom is -0.464 e. The van der Waals surface area contributed by atoms with E-state index in [-0.39, 0.29) is 35.6 Å². The van der Waals surface area contributed by atoms with Crippen LogP contribution in [0.5, 0.6) is 0 Å². The summed E-state index contributed by atoms with van der Waals surface area (Å²) in [7, 11) is 1.30. The van der Waals surface area contributed by atoms with Gasteiger partial charge in [0.25, 0.3) is 11.8 Å². The number of amides is 2. The number of nitrogens with zero attached hydrogens (tertiary/aromatic N) is 2. The predicted octanol–water partition coefficient (Wildman–Crippen LogP) is 3.61. The summed E-state index contributed by atoms with van der Waals surface area (Å²) in [5.74, 6) is -1.28. The summed E-state index contributed by atoms with van der Waals surface area (Å²) in [5, 5.41) is 9.53. The van der Waals surface area contributed by atoms with Crippen molar-refractivity contribution in [1.82, 2.24) is 19.8 Å². The highest BCUT2D eigenvalue weighted by atomic mass is 16.5. The first-order valence-electron chi connectivity index (χ1n) is 12.7. The Morgan fingerprint density at radius 1 is 0.947 bits per heavy atom. The standard InChI is InChI=1S/C29H23N5O4/c1-38-29(37)16(30)12-31-17-10-13-11-20(17)34-19-9-5-3-7-15(19)22-24-23(27(35)32-28(24)36)21-14-6-2-4-8-18(14)33(13)25(21)26(22)34/h2-9,12-13,17,20,31H,10-11,30H2,1H3,(H,32,35,36)/b16-12-. The van der Waals surface area contributed by atoms with E-state index in [1.54, 1.807) is 0 Å². The minimum absolute atomic E-state index is 0.0106. The Morgan fingerprint density at radius 3 is 2.16 bits per heavy atom. The maximum Gasteiger partial charge on any atom is 0.355 e. The zero-order valence-electron chi connectivity index (χ0n) is 20.4. The van der Waals surface area contributed by atoms with Crippen LogP contribution in [0.4, 0.5) is 0 Å². The average molecular weight is 506 g/mol. The highest BCUT2D eigenvalue weighted by molar-refractivity contribution is 6.39. The smallest absolute Gasteiger partial charge is 0.355 e. The maximum absolute atomic E-state index is 13.3. The summed E-state index contributed by atoms with van der Waals surface area (Å²) in [6.45, 7) is 0. The SMILES string of the molecule is COC(=O)/C(N)=C/NC1CC2CC1n1c3ccccc3c3c4c(c5c6ccccc6n2c5c31)C(=O)NC4=O. The summed E-state index contributed by atoms with van der Waals surface area (Å²) >= 11 is 0. The summed E-state index contributed by atoms with van der Waals surface area (Å²) < 4.78 is 9.47. The van der Waals surface area contributed by atoms with E-state index in [4.69, 9.17) is 10.5 Å². The van der Waals surface area contributed by atoms with Gasteiger partial charge in [0.2, 0.25) is 0 Å². The van der Waals surface area contributed by atoms with E-state index in [0.29, 0.717) is 11.1 Å². The topological polar surface area (TPSA) is 120 Å². The highest BCUT2D eigenvalue weighted by Gasteiger charge is 2.44. The van der Waals surface area contributed by atoms with Crippen molar-refractivity contribution in [3.63, 3.8) is 0 Å². The van der Waals surface area contributed by atoms with Crippen LogP contribution in [0, 0.1) is 0 Å². The van der Waals surface area contributed by atoms with E-state index in [0.717, 1.165) is 56.5 Å². The first-order chi connectivity index (χ1) is 18.5. The Hall–Kier alpha value is -4.79. The molecule has 1 saturated carbocycles. The van der Waals surface area contributed by atoms with Crippen LogP contribution in [0.2, 0.25) is 0 Å². The molecule has 3 unspecified atom stereocenters. The first kappa shape index (κ1) is 21.3. The zero-order chi connectivity index (χ0) is 25.9. The van der Waals surface area contributed by atoms with Crippen molar-refractivity contribution in [1.29, 1.82) is 0 Å². The van der Waals surface area contributed by atoms with Gasteiger partial charge < -0.3 is 24.9 Å². The fourth-order valence-corrected chi connectivity index (χ4v) is 7.19. The van der Waals surface area contributed by atoms with Gasteiger partial charge >= 0.3 is 5.97 Å². The van der Waals surface area contributed by atoms with Crippen molar-refractivity contribution in [2.45, 2.75) is 31.0 Å². The van der Waals surface area contributed by atoms with Gasteiger partial charge in [-0.05, 0) is 25.0 Å². The van der Waals surface area contributed by atoms with Gasteiger partial charge in [0.05, 0.1) is 35.3 Å². The quantitative estimate of drug-likeness (QED) is 0.196. The van der Waals surface area contributed by atoms with E-state index < -0.39 is 5.97 Å². The number of rotatable bonds is 3. The number of benzene rings is 3. The second kappa shape index (κ2) is 7.16. The van der Waals surface area contributed by atoms with Gasteiger partial charge in [-0.3, -0.25) is 14.9 Å². The molecule has 9 nitrogen and oxygen atoms in total. The molecule has 4 N–H and O–H groups in total. The molecule has 8 rings (SSSR count). The van der Waals surface area contributed by atoms with Crippen LogP contribution in [0.3, 0.4) is 0 Å². The predicted molar refractivity (Wildman–Crippen MR) is 143 cm³/mol. The number of ether oxygens (including phenoxy) is 1. The van der Waals surface area contributed by atoms with Gasteiger partial charge in [0.15, 0.2) is 0 Å². The number of imide groups is 1. The van der Waals surface area contributed by atoms with Crippen LogP contribution < -0.4 is 16.4 Å². The minimum atomic E-state index is -0.584. The van der Waals surface area contributed by atoms with Crippen molar-refractivity contribution in [2.75, 3.05) is 7.11 Å². The average Bonchev–Trinajstić information content (AvgIpc) is 3.63. The number of nitrogens with two attached hydrogens (primary N) is 1. The van der Waals surface area contributed by atoms with Crippen molar-refractivity contribution in [3.05, 3.63) is 71.6 Å². The lowest BCUT2D eigenvalue weighted by atomic mass is 9.96. The number of para-hydroxylation sites is 2. The largest absolute Gasteiger partial charge is 0.464 e. The van der Waals surface area contributed by atoms with Crippen LogP contribution >= 0.6 is 0 Å². The Balaban J connectivity index is 1.53. The molecule has 4 heterocycles. The van der Waals surface area contributed by atoms with Crippen molar-refractivity contribution in [2.24, 2.45) is 5.73 Å². The molecule has 3 aromatic carbocycles. The monoisotopic (exact) mass is 505 g/mol. The molecule has 0 radical (unpaired) electrons. The fraction of sp³-hybridized carbons (Fsp3) is 0.207. The molecule has 5 aromatic rings. The van der Waals surface area contributed by atoms with Crippen LogP contribution in [0.1, 0.15) is 45.6 Å². The third kappa shape index (κ3) is 2.43. The number of esters is 1. The summed E-state index contributed by atoms with van der Waals surface area (Å²) in [5.41, 5.74) is 10.9.